The molecule has 0 fully saturated rings. The smallest absolute Gasteiger partial charge is 0.244 e. The number of pyridine rings is 1. The molecule has 3 rings (SSSR count). The van der Waals surface area contributed by atoms with E-state index in [-0.39, 0.29) is 5.91 Å². The molecule has 19 heavy (non-hydrogen) atoms. The van der Waals surface area contributed by atoms with Gasteiger partial charge in [0.25, 0.3) is 0 Å². The van der Waals surface area contributed by atoms with Gasteiger partial charge in [-0.1, -0.05) is 6.07 Å². The molecule has 0 N–H and O–H groups in total. The molecule has 0 spiro atoms. The maximum atomic E-state index is 12.3. The van der Waals surface area contributed by atoms with Gasteiger partial charge in [-0.3, -0.25) is 14.5 Å². The van der Waals surface area contributed by atoms with Gasteiger partial charge in [0, 0.05) is 18.4 Å². The lowest BCUT2D eigenvalue weighted by Crippen LogP contribution is -2.29. The highest BCUT2D eigenvalue weighted by atomic mass is 16.2. The number of aromatic nitrogens is 3. The zero-order chi connectivity index (χ0) is 13.4. The standard InChI is InChI=1S/C14H16N4O/c1-10-6-11(2)18(16-10)9-14(19)17-7-12-4-3-5-15-13(12)8-17/h3-6H,7-9H2,1-2H3. The van der Waals surface area contributed by atoms with Crippen molar-refractivity contribution >= 4 is 5.91 Å². The summed E-state index contributed by atoms with van der Waals surface area (Å²) < 4.78 is 1.76. The molecule has 1 aliphatic heterocycles. The number of rotatable bonds is 2. The van der Waals surface area contributed by atoms with Gasteiger partial charge in [0.05, 0.1) is 17.9 Å². The van der Waals surface area contributed by atoms with Crippen LogP contribution in [0.2, 0.25) is 0 Å². The zero-order valence-electron chi connectivity index (χ0n) is 11.1. The second-order valence-electron chi connectivity index (χ2n) is 4.94. The Labute approximate surface area is 111 Å². The van der Waals surface area contributed by atoms with E-state index in [2.05, 4.69) is 10.1 Å². The van der Waals surface area contributed by atoms with Crippen LogP contribution in [0.3, 0.4) is 0 Å². The van der Waals surface area contributed by atoms with Gasteiger partial charge in [-0.25, -0.2) is 0 Å². The quantitative estimate of drug-likeness (QED) is 0.817. The molecule has 0 saturated carbocycles. The summed E-state index contributed by atoms with van der Waals surface area (Å²) in [4.78, 5) is 18.4. The van der Waals surface area contributed by atoms with E-state index in [1.54, 1.807) is 10.9 Å². The first-order valence-corrected chi connectivity index (χ1v) is 6.35. The van der Waals surface area contributed by atoms with Crippen molar-refractivity contribution in [1.29, 1.82) is 0 Å². The number of carbonyl (C=O) groups excluding carboxylic acids is 1. The molecule has 1 amide bonds. The van der Waals surface area contributed by atoms with E-state index in [4.69, 9.17) is 0 Å². The van der Waals surface area contributed by atoms with Gasteiger partial charge >= 0.3 is 0 Å². The fraction of sp³-hybridized carbons (Fsp3) is 0.357. The van der Waals surface area contributed by atoms with Crippen LogP contribution in [0.4, 0.5) is 0 Å². The Balaban J connectivity index is 1.72. The Morgan fingerprint density at radius 2 is 2.21 bits per heavy atom. The normalized spacial score (nSPS) is 13.7. The molecule has 0 bridgehead atoms. The monoisotopic (exact) mass is 256 g/mol. The summed E-state index contributed by atoms with van der Waals surface area (Å²) in [6, 6.07) is 5.92. The predicted octanol–water partition coefficient (Wildman–Crippen LogP) is 1.44. The van der Waals surface area contributed by atoms with E-state index in [0.717, 1.165) is 22.6 Å². The fourth-order valence-corrected chi connectivity index (χ4v) is 2.44. The average Bonchev–Trinajstić information content (AvgIpc) is 2.93. The van der Waals surface area contributed by atoms with E-state index >= 15 is 0 Å². The lowest BCUT2D eigenvalue weighted by molar-refractivity contribution is -0.132. The predicted molar refractivity (Wildman–Crippen MR) is 70.2 cm³/mol. The molecule has 1 aliphatic rings. The maximum absolute atomic E-state index is 12.3. The lowest BCUT2D eigenvalue weighted by Gasteiger charge is -2.15. The van der Waals surface area contributed by atoms with Crippen LogP contribution in [0.5, 0.6) is 0 Å². The molecule has 0 unspecified atom stereocenters. The number of hydrogen-bond donors (Lipinski definition) is 0. The minimum Gasteiger partial charge on any atom is -0.331 e. The van der Waals surface area contributed by atoms with E-state index in [1.807, 2.05) is 36.9 Å². The van der Waals surface area contributed by atoms with Crippen molar-refractivity contribution < 1.29 is 4.79 Å². The number of amides is 1. The van der Waals surface area contributed by atoms with Crippen molar-refractivity contribution in [2.24, 2.45) is 0 Å². The van der Waals surface area contributed by atoms with Crippen molar-refractivity contribution in [2.75, 3.05) is 0 Å². The molecule has 98 valence electrons. The second-order valence-corrected chi connectivity index (χ2v) is 4.94. The van der Waals surface area contributed by atoms with Gasteiger partial charge in [-0.05, 0) is 31.5 Å². The molecule has 2 aromatic rings. The van der Waals surface area contributed by atoms with Crippen molar-refractivity contribution in [3.8, 4) is 0 Å². The first kappa shape index (κ1) is 11.9. The Bertz CT molecular complexity index is 607. The summed E-state index contributed by atoms with van der Waals surface area (Å²) in [5, 5.41) is 4.32. The molecule has 0 aliphatic carbocycles. The highest BCUT2D eigenvalue weighted by Gasteiger charge is 2.24. The van der Waals surface area contributed by atoms with E-state index in [9.17, 15) is 4.79 Å². The van der Waals surface area contributed by atoms with Crippen LogP contribution < -0.4 is 0 Å². The first-order chi connectivity index (χ1) is 9.13. The third-order valence-corrected chi connectivity index (χ3v) is 3.43. The van der Waals surface area contributed by atoms with Gasteiger partial charge in [-0.15, -0.1) is 0 Å². The summed E-state index contributed by atoms with van der Waals surface area (Å²) in [5.41, 5.74) is 4.10. The summed E-state index contributed by atoms with van der Waals surface area (Å²) >= 11 is 0. The van der Waals surface area contributed by atoms with Crippen LogP contribution in [0.1, 0.15) is 22.6 Å². The Morgan fingerprint density at radius 1 is 1.37 bits per heavy atom. The van der Waals surface area contributed by atoms with Gasteiger partial charge in [0.1, 0.15) is 6.54 Å². The van der Waals surface area contributed by atoms with Crippen LogP contribution in [-0.2, 0) is 24.4 Å². The van der Waals surface area contributed by atoms with Crippen LogP contribution >= 0.6 is 0 Å². The lowest BCUT2D eigenvalue weighted by atomic mass is 10.2. The highest BCUT2D eigenvalue weighted by molar-refractivity contribution is 5.76. The summed E-state index contributed by atoms with van der Waals surface area (Å²) in [6.45, 7) is 5.46. The van der Waals surface area contributed by atoms with Crippen LogP contribution in [-0.4, -0.2) is 25.6 Å². The topological polar surface area (TPSA) is 51.0 Å². The van der Waals surface area contributed by atoms with Crippen LogP contribution in [0, 0.1) is 13.8 Å². The van der Waals surface area contributed by atoms with Crippen LogP contribution in [0.15, 0.2) is 24.4 Å². The SMILES string of the molecule is Cc1cc(C)n(CC(=O)N2Cc3cccnc3C2)n1. The van der Waals surface area contributed by atoms with Crippen molar-refractivity contribution in [3.63, 3.8) is 0 Å². The fourth-order valence-electron chi connectivity index (χ4n) is 2.44. The van der Waals surface area contributed by atoms with Crippen molar-refractivity contribution in [1.82, 2.24) is 19.7 Å². The Kier molecular flexibility index (Phi) is 2.81. The minimum absolute atomic E-state index is 0.0872. The summed E-state index contributed by atoms with van der Waals surface area (Å²) in [6.07, 6.45) is 1.77. The molecule has 5 heteroatoms. The van der Waals surface area contributed by atoms with E-state index < -0.39 is 0 Å². The third kappa shape index (κ3) is 2.23. The first-order valence-electron chi connectivity index (χ1n) is 6.35. The number of carbonyl (C=O) groups is 1. The number of aryl methyl sites for hydroxylation is 2. The molecule has 2 aromatic heterocycles. The third-order valence-electron chi connectivity index (χ3n) is 3.43. The number of fused-ring (bicyclic) bond motifs is 1. The number of nitrogens with zero attached hydrogens (tertiary/aromatic N) is 4. The minimum atomic E-state index is 0.0872. The van der Waals surface area contributed by atoms with Crippen molar-refractivity contribution in [3.05, 3.63) is 47.0 Å². The molecule has 3 heterocycles. The van der Waals surface area contributed by atoms with Gasteiger partial charge in [0.15, 0.2) is 0 Å². The van der Waals surface area contributed by atoms with Crippen LogP contribution in [0.25, 0.3) is 0 Å². The van der Waals surface area contributed by atoms with Gasteiger partial charge in [-0.2, -0.15) is 5.10 Å². The van der Waals surface area contributed by atoms with Gasteiger partial charge < -0.3 is 4.90 Å². The highest BCUT2D eigenvalue weighted by Crippen LogP contribution is 2.20. The van der Waals surface area contributed by atoms with Gasteiger partial charge in [0.2, 0.25) is 5.91 Å². The maximum Gasteiger partial charge on any atom is 0.244 e. The Hall–Kier alpha value is -2.17. The summed E-state index contributed by atoms with van der Waals surface area (Å²) in [7, 11) is 0. The molecular weight excluding hydrogens is 240 g/mol. The molecule has 0 radical (unpaired) electrons. The molecule has 0 atom stereocenters. The average molecular weight is 256 g/mol. The molecule has 0 aromatic carbocycles. The molecular formula is C14H16N4O. The molecule has 5 nitrogen and oxygen atoms in total. The summed E-state index contributed by atoms with van der Waals surface area (Å²) in [5.74, 6) is 0.0872. The molecule has 0 saturated heterocycles. The van der Waals surface area contributed by atoms with E-state index in [0.29, 0.717) is 19.6 Å². The van der Waals surface area contributed by atoms with E-state index in [1.165, 1.54) is 0 Å². The zero-order valence-corrected chi connectivity index (χ0v) is 11.1. The second kappa shape index (κ2) is 4.50. The van der Waals surface area contributed by atoms with Crippen molar-refractivity contribution in [2.45, 2.75) is 33.5 Å². The Morgan fingerprint density at radius 3 is 2.89 bits per heavy atom. The number of hydrogen-bond acceptors (Lipinski definition) is 3. The largest absolute Gasteiger partial charge is 0.331 e.